The zero-order valence-corrected chi connectivity index (χ0v) is 17.9. The Bertz CT molecular complexity index is 733. The monoisotopic (exact) mass is 456 g/mol. The van der Waals surface area contributed by atoms with Crippen LogP contribution in [0, 0.1) is 0 Å². The summed E-state index contributed by atoms with van der Waals surface area (Å²) in [7, 11) is 0. The van der Waals surface area contributed by atoms with Crippen molar-refractivity contribution in [3.05, 3.63) is 0 Å². The number of hydrogen-bond acceptors (Lipinski definition) is 7. The molecule has 1 aliphatic heterocycles. The van der Waals surface area contributed by atoms with Crippen molar-refractivity contribution in [2.75, 3.05) is 13.1 Å². The van der Waals surface area contributed by atoms with Crippen LogP contribution < -0.4 is 38.5 Å². The van der Waals surface area contributed by atoms with Crippen LogP contribution in [0.25, 0.3) is 0 Å². The number of guanidine groups is 1. The third-order valence-corrected chi connectivity index (χ3v) is 4.73. The van der Waals surface area contributed by atoms with Crippen LogP contribution >= 0.6 is 0 Å². The van der Waals surface area contributed by atoms with E-state index in [-0.39, 0.29) is 18.9 Å². The van der Waals surface area contributed by atoms with Crippen molar-refractivity contribution in [3.8, 4) is 0 Å². The van der Waals surface area contributed by atoms with Crippen LogP contribution in [0.1, 0.15) is 39.0 Å². The van der Waals surface area contributed by atoms with E-state index >= 15 is 0 Å². The molecule has 1 aliphatic rings. The molecular formula is C18H32N8O6. The second-order valence-corrected chi connectivity index (χ2v) is 7.46. The van der Waals surface area contributed by atoms with E-state index in [4.69, 9.17) is 17.2 Å². The number of nitrogens with one attached hydrogen (secondary N) is 4. The summed E-state index contributed by atoms with van der Waals surface area (Å²) in [5.74, 6) is -4.20. The van der Waals surface area contributed by atoms with Crippen molar-refractivity contribution in [2.24, 2.45) is 22.2 Å². The van der Waals surface area contributed by atoms with Gasteiger partial charge < -0.3 is 43.6 Å². The number of aliphatic carboxylic acids is 1. The minimum atomic E-state index is -1.27. The maximum absolute atomic E-state index is 12.5. The molecule has 4 unspecified atom stereocenters. The molecule has 32 heavy (non-hydrogen) atoms. The maximum atomic E-state index is 12.5. The first-order valence-corrected chi connectivity index (χ1v) is 10.2. The molecule has 0 bridgehead atoms. The number of carbonyl (C=O) groups is 5. The molecule has 0 aromatic heterocycles. The molecule has 14 heteroatoms. The summed E-state index contributed by atoms with van der Waals surface area (Å²) in [6.07, 6.45) is 1.31. The van der Waals surface area contributed by atoms with Crippen molar-refractivity contribution >= 4 is 35.6 Å². The summed E-state index contributed by atoms with van der Waals surface area (Å²) < 4.78 is 0. The molecule has 0 spiro atoms. The van der Waals surface area contributed by atoms with Gasteiger partial charge in [-0.1, -0.05) is 0 Å². The molecule has 180 valence electrons. The van der Waals surface area contributed by atoms with Gasteiger partial charge in [-0.05, 0) is 39.2 Å². The first kappa shape index (κ1) is 26.6. The summed E-state index contributed by atoms with van der Waals surface area (Å²) in [6, 6.07) is -4.11. The number of hydrogen-bond donors (Lipinski definition) is 8. The lowest BCUT2D eigenvalue weighted by molar-refractivity contribution is -0.142. The summed E-state index contributed by atoms with van der Waals surface area (Å²) in [4.78, 5) is 63.6. The predicted molar refractivity (Wildman–Crippen MR) is 114 cm³/mol. The number of aliphatic imine (C=N–C) groups is 1. The van der Waals surface area contributed by atoms with Gasteiger partial charge in [-0.2, -0.15) is 0 Å². The molecule has 14 nitrogen and oxygen atoms in total. The van der Waals surface area contributed by atoms with Gasteiger partial charge in [0.25, 0.3) is 0 Å². The summed E-state index contributed by atoms with van der Waals surface area (Å²) in [5.41, 5.74) is 15.6. The van der Waals surface area contributed by atoms with Gasteiger partial charge in [-0.3, -0.25) is 24.2 Å². The van der Waals surface area contributed by atoms with Crippen LogP contribution in [0.5, 0.6) is 0 Å². The molecule has 0 aliphatic carbocycles. The fourth-order valence-electron chi connectivity index (χ4n) is 3.03. The zero-order valence-electron chi connectivity index (χ0n) is 17.9. The third kappa shape index (κ3) is 9.59. The highest BCUT2D eigenvalue weighted by atomic mass is 16.4. The molecule has 0 saturated carbocycles. The molecule has 4 amide bonds. The van der Waals surface area contributed by atoms with E-state index in [0.717, 1.165) is 6.42 Å². The first-order chi connectivity index (χ1) is 15.0. The number of rotatable bonds is 13. The van der Waals surface area contributed by atoms with Gasteiger partial charge in [-0.15, -0.1) is 0 Å². The SMILES string of the molecule is CC(NC(=O)C(CC(N)=O)NC(=O)C1CCCN1)C(=O)NC(CCCN=C(N)N)C(=O)O. The molecule has 1 rings (SSSR count). The first-order valence-electron chi connectivity index (χ1n) is 10.2. The standard InChI is InChI=1S/C18H32N8O6/c1-9(14(28)25-11(17(31)32)5-3-7-23-18(20)21)24-16(30)12(8-13(19)27)26-15(29)10-4-2-6-22-10/h9-12,22H,2-8H2,1H3,(H2,19,27)(H,24,30)(H,25,28)(H,26,29)(H,31,32)(H4,20,21,23). The molecule has 1 saturated heterocycles. The van der Waals surface area contributed by atoms with E-state index in [1.54, 1.807) is 0 Å². The van der Waals surface area contributed by atoms with Crippen molar-refractivity contribution in [2.45, 2.75) is 63.2 Å². The number of amides is 4. The number of carboxylic acids is 1. The van der Waals surface area contributed by atoms with Crippen molar-refractivity contribution in [1.82, 2.24) is 21.3 Å². The fraction of sp³-hybridized carbons (Fsp3) is 0.667. The van der Waals surface area contributed by atoms with Gasteiger partial charge in [0.1, 0.15) is 18.1 Å². The number of carboxylic acid groups (broad SMARTS) is 1. The third-order valence-electron chi connectivity index (χ3n) is 4.73. The Hall–Kier alpha value is -3.42. The normalized spacial score (nSPS) is 18.0. The Kier molecular flexibility index (Phi) is 10.9. The Morgan fingerprint density at radius 1 is 1.06 bits per heavy atom. The molecule has 0 aromatic rings. The average Bonchev–Trinajstić information content (AvgIpc) is 3.23. The topological polar surface area (TPSA) is 244 Å². The van der Waals surface area contributed by atoms with E-state index in [2.05, 4.69) is 26.3 Å². The van der Waals surface area contributed by atoms with E-state index in [1.165, 1.54) is 6.92 Å². The van der Waals surface area contributed by atoms with Gasteiger partial charge in [0.15, 0.2) is 5.96 Å². The van der Waals surface area contributed by atoms with Gasteiger partial charge >= 0.3 is 5.97 Å². The molecular weight excluding hydrogens is 424 g/mol. The van der Waals surface area contributed by atoms with Gasteiger partial charge in [0.05, 0.1) is 12.5 Å². The van der Waals surface area contributed by atoms with E-state index < -0.39 is 60.2 Å². The fourth-order valence-corrected chi connectivity index (χ4v) is 3.03. The molecule has 0 radical (unpaired) electrons. The van der Waals surface area contributed by atoms with Crippen LogP contribution in [0.2, 0.25) is 0 Å². The smallest absolute Gasteiger partial charge is 0.326 e. The Morgan fingerprint density at radius 2 is 1.75 bits per heavy atom. The maximum Gasteiger partial charge on any atom is 0.326 e. The molecule has 4 atom stereocenters. The Balaban J connectivity index is 2.66. The summed E-state index contributed by atoms with van der Waals surface area (Å²) in [5, 5.41) is 19.4. The highest BCUT2D eigenvalue weighted by molar-refractivity contribution is 5.96. The zero-order chi connectivity index (χ0) is 24.3. The largest absolute Gasteiger partial charge is 0.480 e. The van der Waals surface area contributed by atoms with Gasteiger partial charge in [-0.25, -0.2) is 4.79 Å². The minimum Gasteiger partial charge on any atom is -0.480 e. The van der Waals surface area contributed by atoms with E-state index in [1.807, 2.05) is 0 Å². The van der Waals surface area contributed by atoms with Crippen molar-refractivity contribution in [3.63, 3.8) is 0 Å². The highest BCUT2D eigenvalue weighted by Crippen LogP contribution is 2.06. The predicted octanol–water partition coefficient (Wildman–Crippen LogP) is -3.77. The lowest BCUT2D eigenvalue weighted by atomic mass is 10.1. The number of nitrogens with two attached hydrogens (primary N) is 3. The second kappa shape index (κ2) is 13.1. The van der Waals surface area contributed by atoms with Gasteiger partial charge in [0, 0.05) is 6.54 Å². The van der Waals surface area contributed by atoms with Crippen LogP contribution in [-0.2, 0) is 24.0 Å². The lowest BCUT2D eigenvalue weighted by Crippen LogP contribution is -2.56. The number of primary amides is 1. The van der Waals surface area contributed by atoms with Crippen LogP contribution in [0.4, 0.5) is 0 Å². The minimum absolute atomic E-state index is 0.0628. The molecule has 1 heterocycles. The van der Waals surface area contributed by atoms with Crippen LogP contribution in [0.3, 0.4) is 0 Å². The van der Waals surface area contributed by atoms with E-state index in [0.29, 0.717) is 19.4 Å². The van der Waals surface area contributed by atoms with Crippen LogP contribution in [-0.4, -0.2) is 77.9 Å². The lowest BCUT2D eigenvalue weighted by Gasteiger charge is -2.23. The number of nitrogens with zero attached hydrogens (tertiary/aromatic N) is 1. The van der Waals surface area contributed by atoms with Crippen molar-refractivity contribution in [1.29, 1.82) is 0 Å². The van der Waals surface area contributed by atoms with Crippen molar-refractivity contribution < 1.29 is 29.1 Å². The number of carbonyl (C=O) groups excluding carboxylic acids is 4. The Morgan fingerprint density at radius 3 is 2.28 bits per heavy atom. The second-order valence-electron chi connectivity index (χ2n) is 7.46. The molecule has 1 fully saturated rings. The Labute approximate surface area is 185 Å². The summed E-state index contributed by atoms with van der Waals surface area (Å²) in [6.45, 7) is 2.20. The molecule has 11 N–H and O–H groups in total. The van der Waals surface area contributed by atoms with E-state index in [9.17, 15) is 29.1 Å². The quantitative estimate of drug-likeness (QED) is 0.0768. The molecule has 0 aromatic carbocycles. The highest BCUT2D eigenvalue weighted by Gasteiger charge is 2.30. The van der Waals surface area contributed by atoms with Gasteiger partial charge in [0.2, 0.25) is 23.6 Å². The summed E-state index contributed by atoms with van der Waals surface area (Å²) >= 11 is 0. The van der Waals surface area contributed by atoms with Crippen LogP contribution in [0.15, 0.2) is 4.99 Å². The average molecular weight is 457 g/mol.